The third kappa shape index (κ3) is 5.56. The van der Waals surface area contributed by atoms with Gasteiger partial charge in [-0.25, -0.2) is 9.59 Å². The van der Waals surface area contributed by atoms with Crippen molar-refractivity contribution in [2.45, 2.75) is 38.3 Å². The average molecular weight is 320 g/mol. The topological polar surface area (TPSA) is 87.7 Å². The first-order valence-electron chi connectivity index (χ1n) is 7.95. The van der Waals surface area contributed by atoms with Crippen molar-refractivity contribution in [3.63, 3.8) is 0 Å². The molecule has 1 aromatic carbocycles. The molecule has 0 spiro atoms. The quantitative estimate of drug-likeness (QED) is 0.751. The van der Waals surface area contributed by atoms with Crippen LogP contribution in [0.15, 0.2) is 24.3 Å². The highest BCUT2D eigenvalue weighted by molar-refractivity contribution is 5.87. The molecule has 0 heterocycles. The van der Waals surface area contributed by atoms with Crippen LogP contribution in [-0.2, 0) is 11.3 Å². The van der Waals surface area contributed by atoms with Crippen molar-refractivity contribution >= 4 is 12.0 Å². The first-order chi connectivity index (χ1) is 11.1. The maximum atomic E-state index is 11.8. The Hall–Kier alpha value is -2.08. The molecule has 0 radical (unpaired) electrons. The lowest BCUT2D eigenvalue weighted by Crippen LogP contribution is -2.39. The molecular weight excluding hydrogens is 296 g/mol. The molecule has 2 rings (SSSR count). The van der Waals surface area contributed by atoms with E-state index in [9.17, 15) is 9.59 Å². The molecule has 6 nitrogen and oxygen atoms in total. The summed E-state index contributed by atoms with van der Waals surface area (Å²) in [6.45, 7) is 1.06. The molecule has 0 atom stereocenters. The van der Waals surface area contributed by atoms with Crippen LogP contribution in [0.3, 0.4) is 0 Å². The Labute approximate surface area is 136 Å². The Morgan fingerprint density at radius 3 is 2.35 bits per heavy atom. The number of rotatable bonds is 6. The zero-order valence-electron chi connectivity index (χ0n) is 13.4. The summed E-state index contributed by atoms with van der Waals surface area (Å²) in [5, 5.41) is 14.5. The van der Waals surface area contributed by atoms with Crippen LogP contribution in [-0.4, -0.2) is 36.9 Å². The zero-order valence-corrected chi connectivity index (χ0v) is 13.4. The van der Waals surface area contributed by atoms with Gasteiger partial charge in [0.1, 0.15) is 0 Å². The first kappa shape index (κ1) is 17.3. The van der Waals surface area contributed by atoms with E-state index >= 15 is 0 Å². The predicted octanol–water partition coefficient (Wildman–Crippen LogP) is 2.39. The molecule has 3 N–H and O–H groups in total. The second-order valence-electron chi connectivity index (χ2n) is 5.94. The van der Waals surface area contributed by atoms with Crippen LogP contribution < -0.4 is 10.6 Å². The van der Waals surface area contributed by atoms with Crippen LogP contribution >= 0.6 is 0 Å². The molecular formula is C17H24N2O4. The Kier molecular flexibility index (Phi) is 6.40. The highest BCUT2D eigenvalue weighted by Crippen LogP contribution is 2.25. The van der Waals surface area contributed by atoms with Crippen molar-refractivity contribution in [3.8, 4) is 0 Å². The number of carbonyl (C=O) groups is 2. The molecule has 0 bridgehead atoms. The Bertz CT molecular complexity index is 522. The van der Waals surface area contributed by atoms with Crippen LogP contribution in [0.5, 0.6) is 0 Å². The molecule has 1 aliphatic carbocycles. The fraction of sp³-hybridized carbons (Fsp3) is 0.529. The number of carboxylic acids is 1. The zero-order chi connectivity index (χ0) is 16.7. The van der Waals surface area contributed by atoms with Crippen molar-refractivity contribution in [1.82, 2.24) is 10.6 Å². The maximum Gasteiger partial charge on any atom is 0.335 e. The number of hydrogen-bond acceptors (Lipinski definition) is 3. The van der Waals surface area contributed by atoms with E-state index in [0.717, 1.165) is 31.2 Å². The van der Waals surface area contributed by atoms with Crippen LogP contribution in [0.25, 0.3) is 0 Å². The van der Waals surface area contributed by atoms with Crippen LogP contribution in [0.1, 0.15) is 41.6 Å². The highest BCUT2D eigenvalue weighted by atomic mass is 16.5. The number of aromatic carboxylic acids is 1. The number of benzene rings is 1. The minimum atomic E-state index is -0.953. The van der Waals surface area contributed by atoms with Gasteiger partial charge in [0, 0.05) is 20.2 Å². The molecule has 6 heteroatoms. The number of carbonyl (C=O) groups excluding carboxylic acids is 1. The van der Waals surface area contributed by atoms with Gasteiger partial charge in [0.15, 0.2) is 0 Å². The summed E-state index contributed by atoms with van der Waals surface area (Å²) in [5.74, 6) is -0.438. The SMILES string of the molecule is COC1CCC(CNC(=O)NCc2ccc(C(=O)O)cc2)CC1. The molecule has 0 aromatic heterocycles. The third-order valence-electron chi connectivity index (χ3n) is 4.33. The van der Waals surface area contributed by atoms with Crippen molar-refractivity contribution < 1.29 is 19.4 Å². The molecule has 1 saturated carbocycles. The Balaban J connectivity index is 1.66. The summed E-state index contributed by atoms with van der Waals surface area (Å²) in [6, 6.07) is 6.28. The predicted molar refractivity (Wildman–Crippen MR) is 86.4 cm³/mol. The largest absolute Gasteiger partial charge is 0.478 e. The lowest BCUT2D eigenvalue weighted by atomic mass is 9.87. The van der Waals surface area contributed by atoms with E-state index in [1.54, 1.807) is 19.2 Å². The van der Waals surface area contributed by atoms with Gasteiger partial charge in [-0.15, -0.1) is 0 Å². The molecule has 1 aromatic rings. The van der Waals surface area contributed by atoms with Gasteiger partial charge in [-0.3, -0.25) is 0 Å². The van der Waals surface area contributed by atoms with Crippen LogP contribution in [0.2, 0.25) is 0 Å². The van der Waals surface area contributed by atoms with E-state index in [1.165, 1.54) is 12.1 Å². The molecule has 1 fully saturated rings. The van der Waals surface area contributed by atoms with Crippen LogP contribution in [0.4, 0.5) is 4.79 Å². The summed E-state index contributed by atoms with van der Waals surface area (Å²) in [6.07, 6.45) is 4.64. The van der Waals surface area contributed by atoms with Gasteiger partial charge in [-0.05, 0) is 49.3 Å². The van der Waals surface area contributed by atoms with E-state index in [0.29, 0.717) is 25.1 Å². The number of methoxy groups -OCH3 is 1. The van der Waals surface area contributed by atoms with Gasteiger partial charge >= 0.3 is 12.0 Å². The van der Waals surface area contributed by atoms with E-state index in [-0.39, 0.29) is 11.6 Å². The summed E-state index contributed by atoms with van der Waals surface area (Å²) >= 11 is 0. The molecule has 2 amide bonds. The summed E-state index contributed by atoms with van der Waals surface area (Å²) in [7, 11) is 1.75. The van der Waals surface area contributed by atoms with Gasteiger partial charge in [-0.1, -0.05) is 12.1 Å². The number of carboxylic acid groups (broad SMARTS) is 1. The van der Waals surface area contributed by atoms with Gasteiger partial charge < -0.3 is 20.5 Å². The van der Waals surface area contributed by atoms with Gasteiger partial charge in [0.25, 0.3) is 0 Å². The lowest BCUT2D eigenvalue weighted by molar-refractivity contribution is 0.0571. The fourth-order valence-corrected chi connectivity index (χ4v) is 2.82. The lowest BCUT2D eigenvalue weighted by Gasteiger charge is -2.27. The Morgan fingerprint density at radius 1 is 1.13 bits per heavy atom. The van der Waals surface area contributed by atoms with Gasteiger partial charge in [-0.2, -0.15) is 0 Å². The van der Waals surface area contributed by atoms with Crippen molar-refractivity contribution in [2.75, 3.05) is 13.7 Å². The van der Waals surface area contributed by atoms with Crippen molar-refractivity contribution in [3.05, 3.63) is 35.4 Å². The van der Waals surface area contributed by atoms with Crippen molar-refractivity contribution in [2.24, 2.45) is 5.92 Å². The summed E-state index contributed by atoms with van der Waals surface area (Å²) in [4.78, 5) is 22.6. The Morgan fingerprint density at radius 2 is 1.78 bits per heavy atom. The molecule has 1 aliphatic rings. The monoisotopic (exact) mass is 320 g/mol. The van der Waals surface area contributed by atoms with E-state index in [1.807, 2.05) is 0 Å². The second-order valence-corrected chi connectivity index (χ2v) is 5.94. The molecule has 0 unspecified atom stereocenters. The number of amides is 2. The van der Waals surface area contributed by atoms with Gasteiger partial charge in [0.2, 0.25) is 0 Å². The normalized spacial score (nSPS) is 20.7. The van der Waals surface area contributed by atoms with Crippen LogP contribution in [0, 0.1) is 5.92 Å². The molecule has 0 aliphatic heterocycles. The number of hydrogen-bond donors (Lipinski definition) is 3. The van der Waals surface area contributed by atoms with Crippen molar-refractivity contribution in [1.29, 1.82) is 0 Å². The van der Waals surface area contributed by atoms with E-state index in [2.05, 4.69) is 10.6 Å². The number of nitrogens with one attached hydrogen (secondary N) is 2. The minimum absolute atomic E-state index is 0.193. The third-order valence-corrected chi connectivity index (χ3v) is 4.33. The maximum absolute atomic E-state index is 11.8. The second kappa shape index (κ2) is 8.53. The van der Waals surface area contributed by atoms with E-state index in [4.69, 9.17) is 9.84 Å². The molecule has 0 saturated heterocycles. The fourth-order valence-electron chi connectivity index (χ4n) is 2.82. The highest BCUT2D eigenvalue weighted by Gasteiger charge is 2.20. The minimum Gasteiger partial charge on any atom is -0.478 e. The summed E-state index contributed by atoms with van der Waals surface area (Å²) in [5.41, 5.74) is 1.11. The first-order valence-corrected chi connectivity index (χ1v) is 7.95. The average Bonchev–Trinajstić information content (AvgIpc) is 2.59. The molecule has 126 valence electrons. The molecule has 23 heavy (non-hydrogen) atoms. The number of ether oxygens (including phenoxy) is 1. The van der Waals surface area contributed by atoms with Gasteiger partial charge in [0.05, 0.1) is 11.7 Å². The smallest absolute Gasteiger partial charge is 0.335 e. The number of urea groups is 1. The summed E-state index contributed by atoms with van der Waals surface area (Å²) < 4.78 is 5.34. The standard InChI is InChI=1S/C17H24N2O4/c1-23-15-8-4-13(5-9-15)11-19-17(22)18-10-12-2-6-14(7-3-12)16(20)21/h2-3,6-7,13,15H,4-5,8-11H2,1H3,(H,20,21)(H2,18,19,22). The van der Waals surface area contributed by atoms with E-state index < -0.39 is 5.97 Å².